The van der Waals surface area contributed by atoms with Crippen LogP contribution < -0.4 is 18.9 Å². The average molecular weight is 106 g/mol. The van der Waals surface area contributed by atoms with E-state index < -0.39 is 7.82 Å². The van der Waals surface area contributed by atoms with Gasteiger partial charge in [-0.3, -0.25) is 0 Å². The second-order valence-electron chi connectivity index (χ2n) is 0.513. The third kappa shape index (κ3) is 129. The second kappa shape index (κ2) is 2.81. The summed E-state index contributed by atoms with van der Waals surface area (Å²) in [6, 6.07) is 0. The van der Waals surface area contributed by atoms with Crippen molar-refractivity contribution in [3.63, 3.8) is 0 Å². The topological polar surface area (TPSA) is 77.8 Å². The minimum Gasteiger partial charge on any atom is -1.00 e. The van der Waals surface area contributed by atoms with Gasteiger partial charge in [0.1, 0.15) is 0 Å². The van der Waals surface area contributed by atoms with E-state index >= 15 is 0 Å². The molecule has 3 N–H and O–H groups in total. The van der Waals surface area contributed by atoms with Gasteiger partial charge in [-0.05, 0) is 0 Å². The summed E-state index contributed by atoms with van der Waals surface area (Å²) in [4.78, 5) is 21.6. The van der Waals surface area contributed by atoms with Gasteiger partial charge in [0.2, 0.25) is 0 Å². The first-order valence-electron chi connectivity index (χ1n) is 0.783. The van der Waals surface area contributed by atoms with Gasteiger partial charge in [0, 0.05) is 0 Å². The number of hydrogen-bond donors (Lipinski definition) is 3. The molecule has 0 aliphatic carbocycles. The average Bonchev–Trinajstić information content (AvgIpc) is 0.722. The molecule has 0 saturated heterocycles. The Kier molecular flexibility index (Phi) is 4.62. The molecule has 6 heteroatoms. The summed E-state index contributed by atoms with van der Waals surface area (Å²) >= 11 is 0. The smallest absolute Gasteiger partial charge is 1.00 e. The van der Waals surface area contributed by atoms with Crippen LogP contribution in [0.1, 0.15) is 1.43 Å². The van der Waals surface area contributed by atoms with E-state index in [2.05, 4.69) is 0 Å². The van der Waals surface area contributed by atoms with Crippen molar-refractivity contribution in [3.8, 4) is 0 Å². The Bertz CT molecular complexity index is 57.8. The van der Waals surface area contributed by atoms with Crippen LogP contribution in [0.15, 0.2) is 0 Å². The molecular formula is H4LiO4P. The van der Waals surface area contributed by atoms with E-state index in [1.165, 1.54) is 0 Å². The van der Waals surface area contributed by atoms with Gasteiger partial charge in [0.05, 0.1) is 0 Å². The summed E-state index contributed by atoms with van der Waals surface area (Å²) in [6.45, 7) is 0. The van der Waals surface area contributed by atoms with E-state index in [0.717, 1.165) is 0 Å². The van der Waals surface area contributed by atoms with Crippen molar-refractivity contribution in [2.45, 2.75) is 0 Å². The Labute approximate surface area is 48.1 Å². The van der Waals surface area contributed by atoms with Crippen molar-refractivity contribution >= 4 is 7.82 Å². The molecule has 0 spiro atoms. The van der Waals surface area contributed by atoms with E-state index in [1.807, 2.05) is 0 Å². The summed E-state index contributed by atoms with van der Waals surface area (Å²) in [5, 5.41) is 0. The van der Waals surface area contributed by atoms with Crippen LogP contribution in [0.2, 0.25) is 0 Å². The quantitative estimate of drug-likeness (QED) is 0.218. The van der Waals surface area contributed by atoms with E-state index in [0.29, 0.717) is 0 Å². The molecule has 0 bridgehead atoms. The molecule has 4 nitrogen and oxygen atoms in total. The van der Waals surface area contributed by atoms with Crippen molar-refractivity contribution in [1.29, 1.82) is 0 Å². The number of rotatable bonds is 0. The normalized spacial score (nSPS) is 9.83. The molecule has 0 atom stereocenters. The molecule has 0 aromatic carbocycles. The third-order valence-electron chi connectivity index (χ3n) is 0. The standard InChI is InChI=1S/Li.H3O4P.H/c;1-5(2,3)4;/h;(H3,1,2,3,4);/q+1;;-1. The summed E-state index contributed by atoms with van der Waals surface area (Å²) < 4.78 is 8.88. The number of hydrogen-bond acceptors (Lipinski definition) is 1. The van der Waals surface area contributed by atoms with Gasteiger partial charge in [0.15, 0.2) is 0 Å². The molecule has 0 heterocycles. The minimum absolute atomic E-state index is 0. The summed E-state index contributed by atoms with van der Waals surface area (Å²) in [5.41, 5.74) is 0. The molecule has 6 heavy (non-hydrogen) atoms. The van der Waals surface area contributed by atoms with Crippen LogP contribution in [-0.2, 0) is 4.57 Å². The Morgan fingerprint density at radius 1 is 1.33 bits per heavy atom. The van der Waals surface area contributed by atoms with Crippen LogP contribution in [0, 0.1) is 0 Å². The van der Waals surface area contributed by atoms with Gasteiger partial charge in [-0.1, -0.05) is 0 Å². The molecule has 0 saturated carbocycles. The first-order valence-corrected chi connectivity index (χ1v) is 2.35. The zero-order valence-corrected chi connectivity index (χ0v) is 4.09. The van der Waals surface area contributed by atoms with Gasteiger partial charge in [-0.25, -0.2) is 4.57 Å². The van der Waals surface area contributed by atoms with Gasteiger partial charge in [-0.15, -0.1) is 0 Å². The fraction of sp³-hybridized carbons (Fsp3) is 0. The molecule has 0 unspecified atom stereocenters. The van der Waals surface area contributed by atoms with Crippen LogP contribution in [0.5, 0.6) is 0 Å². The van der Waals surface area contributed by atoms with Crippen LogP contribution in [0.3, 0.4) is 0 Å². The fourth-order valence-electron chi connectivity index (χ4n) is 0. The molecule has 0 radical (unpaired) electrons. The minimum atomic E-state index is -4.64. The van der Waals surface area contributed by atoms with Crippen LogP contribution >= 0.6 is 7.82 Å². The fourth-order valence-corrected chi connectivity index (χ4v) is 0. The Morgan fingerprint density at radius 2 is 1.33 bits per heavy atom. The van der Waals surface area contributed by atoms with Gasteiger partial charge in [0.25, 0.3) is 0 Å². The van der Waals surface area contributed by atoms with Gasteiger partial charge < -0.3 is 16.1 Å². The maximum atomic E-state index is 8.88. The molecule has 0 rings (SSSR count). The SMILES string of the molecule is O=P(O)(O)O.[H-].[Li+]. The molecule has 0 amide bonds. The molecule has 0 aromatic rings. The predicted octanol–water partition coefficient (Wildman–Crippen LogP) is -3.81. The Hall–Kier alpha value is 0.707. The number of phosphoric acid groups is 1. The molecule has 0 aliphatic rings. The Balaban J connectivity index is -0.0000000800. The van der Waals surface area contributed by atoms with Gasteiger partial charge >= 0.3 is 26.7 Å². The molecule has 0 aromatic heterocycles. The molecule has 0 aliphatic heterocycles. The summed E-state index contributed by atoms with van der Waals surface area (Å²) in [7, 11) is -4.64. The molecular weight excluding hydrogens is 102 g/mol. The van der Waals surface area contributed by atoms with Crippen molar-refractivity contribution in [1.82, 2.24) is 0 Å². The van der Waals surface area contributed by atoms with Crippen molar-refractivity contribution < 1.29 is 39.5 Å². The van der Waals surface area contributed by atoms with E-state index in [9.17, 15) is 0 Å². The maximum Gasteiger partial charge on any atom is 1.00 e. The Morgan fingerprint density at radius 3 is 1.33 bits per heavy atom. The van der Waals surface area contributed by atoms with E-state index in [1.54, 1.807) is 0 Å². The molecule has 34 valence electrons. The van der Waals surface area contributed by atoms with Crippen molar-refractivity contribution in [2.75, 3.05) is 0 Å². The van der Waals surface area contributed by atoms with Crippen molar-refractivity contribution in [3.05, 3.63) is 0 Å². The van der Waals surface area contributed by atoms with Crippen LogP contribution in [0.4, 0.5) is 0 Å². The first-order chi connectivity index (χ1) is 2.00. The monoisotopic (exact) mass is 106 g/mol. The summed E-state index contributed by atoms with van der Waals surface area (Å²) in [6.07, 6.45) is 0. The van der Waals surface area contributed by atoms with Crippen LogP contribution in [0.25, 0.3) is 0 Å². The molecule has 0 fully saturated rings. The maximum absolute atomic E-state index is 8.88. The van der Waals surface area contributed by atoms with Crippen molar-refractivity contribution in [2.24, 2.45) is 0 Å². The predicted molar refractivity (Wildman–Crippen MR) is 15.4 cm³/mol. The zero-order valence-electron chi connectivity index (χ0n) is 4.20. The van der Waals surface area contributed by atoms with E-state index in [4.69, 9.17) is 19.2 Å². The first kappa shape index (κ1) is 9.86. The van der Waals surface area contributed by atoms with Gasteiger partial charge in [-0.2, -0.15) is 0 Å². The largest absolute Gasteiger partial charge is 1.00 e. The second-order valence-corrected chi connectivity index (χ2v) is 1.54. The third-order valence-corrected chi connectivity index (χ3v) is 0. The zero-order chi connectivity index (χ0) is 4.50. The van der Waals surface area contributed by atoms with Crippen LogP contribution in [-0.4, -0.2) is 14.7 Å². The summed E-state index contributed by atoms with van der Waals surface area (Å²) in [5.74, 6) is 0. The van der Waals surface area contributed by atoms with E-state index in [-0.39, 0.29) is 20.3 Å².